The van der Waals surface area contributed by atoms with Crippen LogP contribution in [0.25, 0.3) is 0 Å². The fraction of sp³-hybridized carbons (Fsp3) is 0.625. The molecule has 0 aliphatic carbocycles. The highest BCUT2D eigenvalue weighted by Crippen LogP contribution is 2.34. The van der Waals surface area contributed by atoms with Crippen LogP contribution in [0.4, 0.5) is 0 Å². The predicted octanol–water partition coefficient (Wildman–Crippen LogP) is 1.79. The first kappa shape index (κ1) is 14.6. The lowest BCUT2D eigenvalue weighted by molar-refractivity contribution is 0.0786. The average molecular weight is 292 g/mol. The van der Waals surface area contributed by atoms with Gasteiger partial charge in [0.15, 0.2) is 11.5 Å². The maximum Gasteiger partial charge on any atom is 0.231 e. The Morgan fingerprint density at radius 1 is 1.33 bits per heavy atom. The molecule has 0 radical (unpaired) electrons. The standard InChI is InChI=1S/C16H24N2O3/c1-17-14(10-18(2)9-13-4-3-7-19-13)12-5-6-15-16(8-12)21-11-20-15/h5-6,8,13-14,17H,3-4,7,9-11H2,1-2H3. The molecule has 2 heterocycles. The summed E-state index contributed by atoms with van der Waals surface area (Å²) in [6.45, 7) is 3.16. The molecule has 2 atom stereocenters. The molecule has 1 aromatic carbocycles. The molecule has 0 spiro atoms. The van der Waals surface area contributed by atoms with E-state index in [0.717, 1.165) is 31.2 Å². The Bertz CT molecular complexity index is 475. The number of ether oxygens (including phenoxy) is 3. The Morgan fingerprint density at radius 3 is 2.95 bits per heavy atom. The van der Waals surface area contributed by atoms with E-state index in [1.807, 2.05) is 13.1 Å². The molecule has 5 nitrogen and oxygen atoms in total. The van der Waals surface area contributed by atoms with E-state index in [2.05, 4.69) is 29.4 Å². The molecule has 2 aliphatic rings. The molecular formula is C16H24N2O3. The fourth-order valence-corrected chi connectivity index (χ4v) is 3.02. The van der Waals surface area contributed by atoms with Crippen molar-refractivity contribution in [1.82, 2.24) is 10.2 Å². The molecule has 2 aliphatic heterocycles. The third-order valence-electron chi connectivity index (χ3n) is 4.18. The highest BCUT2D eigenvalue weighted by molar-refractivity contribution is 5.45. The SMILES string of the molecule is CNC(CN(C)CC1CCCO1)c1ccc2c(c1)OCO2. The summed E-state index contributed by atoms with van der Waals surface area (Å²) >= 11 is 0. The van der Waals surface area contributed by atoms with Crippen LogP contribution in [0.2, 0.25) is 0 Å². The zero-order valence-electron chi connectivity index (χ0n) is 12.8. The monoisotopic (exact) mass is 292 g/mol. The lowest BCUT2D eigenvalue weighted by atomic mass is 10.1. The number of nitrogens with zero attached hydrogens (tertiary/aromatic N) is 1. The van der Waals surface area contributed by atoms with Gasteiger partial charge in [0.2, 0.25) is 6.79 Å². The maximum absolute atomic E-state index is 5.71. The van der Waals surface area contributed by atoms with E-state index in [-0.39, 0.29) is 6.04 Å². The summed E-state index contributed by atoms with van der Waals surface area (Å²) in [5.41, 5.74) is 1.22. The van der Waals surface area contributed by atoms with Crippen molar-refractivity contribution in [1.29, 1.82) is 0 Å². The largest absolute Gasteiger partial charge is 0.454 e. The van der Waals surface area contributed by atoms with Crippen molar-refractivity contribution in [2.45, 2.75) is 25.0 Å². The molecule has 2 unspecified atom stereocenters. The van der Waals surface area contributed by atoms with Gasteiger partial charge in [-0.2, -0.15) is 0 Å². The fourth-order valence-electron chi connectivity index (χ4n) is 3.02. The van der Waals surface area contributed by atoms with Crippen LogP contribution in [0.3, 0.4) is 0 Å². The highest BCUT2D eigenvalue weighted by atomic mass is 16.7. The number of hydrogen-bond donors (Lipinski definition) is 1. The molecule has 1 aromatic rings. The molecule has 0 saturated carbocycles. The summed E-state index contributed by atoms with van der Waals surface area (Å²) in [4.78, 5) is 2.34. The second-order valence-corrected chi connectivity index (χ2v) is 5.81. The van der Waals surface area contributed by atoms with Crippen LogP contribution >= 0.6 is 0 Å². The first-order valence-electron chi connectivity index (χ1n) is 7.63. The lowest BCUT2D eigenvalue weighted by Gasteiger charge is -2.26. The van der Waals surface area contributed by atoms with Gasteiger partial charge >= 0.3 is 0 Å². The first-order valence-corrected chi connectivity index (χ1v) is 7.63. The van der Waals surface area contributed by atoms with Gasteiger partial charge in [-0.05, 0) is 44.6 Å². The van der Waals surface area contributed by atoms with E-state index in [0.29, 0.717) is 12.9 Å². The number of likely N-dealkylation sites (N-methyl/N-ethyl adjacent to an activating group) is 2. The number of benzene rings is 1. The van der Waals surface area contributed by atoms with Gasteiger partial charge < -0.3 is 24.4 Å². The summed E-state index contributed by atoms with van der Waals surface area (Å²) < 4.78 is 16.5. The third kappa shape index (κ3) is 3.48. The summed E-state index contributed by atoms with van der Waals surface area (Å²) in [5, 5.41) is 3.39. The van der Waals surface area contributed by atoms with Gasteiger partial charge in [-0.1, -0.05) is 6.07 Å². The van der Waals surface area contributed by atoms with Crippen LogP contribution in [-0.2, 0) is 4.74 Å². The number of rotatable bonds is 6. The Labute approximate surface area is 126 Å². The summed E-state index contributed by atoms with van der Waals surface area (Å²) in [5.74, 6) is 1.68. The number of hydrogen-bond acceptors (Lipinski definition) is 5. The molecule has 5 heteroatoms. The van der Waals surface area contributed by atoms with Crippen LogP contribution in [0, 0.1) is 0 Å². The highest BCUT2D eigenvalue weighted by Gasteiger charge is 2.21. The average Bonchev–Trinajstić information content (AvgIpc) is 3.14. The first-order chi connectivity index (χ1) is 10.3. The van der Waals surface area contributed by atoms with Crippen molar-refractivity contribution in [2.75, 3.05) is 40.6 Å². The van der Waals surface area contributed by atoms with E-state index < -0.39 is 0 Å². The second kappa shape index (κ2) is 6.64. The van der Waals surface area contributed by atoms with E-state index in [1.165, 1.54) is 18.4 Å². The molecule has 21 heavy (non-hydrogen) atoms. The lowest BCUT2D eigenvalue weighted by Crippen LogP contribution is -2.35. The zero-order valence-corrected chi connectivity index (χ0v) is 12.8. The van der Waals surface area contributed by atoms with E-state index in [1.54, 1.807) is 0 Å². The third-order valence-corrected chi connectivity index (χ3v) is 4.18. The smallest absolute Gasteiger partial charge is 0.231 e. The van der Waals surface area contributed by atoms with Crippen LogP contribution in [0.15, 0.2) is 18.2 Å². The number of nitrogens with one attached hydrogen (secondary N) is 1. The van der Waals surface area contributed by atoms with E-state index >= 15 is 0 Å². The molecule has 1 saturated heterocycles. The minimum Gasteiger partial charge on any atom is -0.454 e. The van der Waals surface area contributed by atoms with Gasteiger partial charge in [0.25, 0.3) is 0 Å². The molecule has 0 aromatic heterocycles. The molecule has 1 fully saturated rings. The minimum absolute atomic E-state index is 0.269. The molecule has 116 valence electrons. The zero-order chi connectivity index (χ0) is 14.7. The Kier molecular flexibility index (Phi) is 4.63. The predicted molar refractivity (Wildman–Crippen MR) is 80.8 cm³/mol. The van der Waals surface area contributed by atoms with Gasteiger partial charge in [0.05, 0.1) is 6.10 Å². The van der Waals surface area contributed by atoms with Crippen LogP contribution in [0.1, 0.15) is 24.4 Å². The van der Waals surface area contributed by atoms with Crippen molar-refractivity contribution in [2.24, 2.45) is 0 Å². The van der Waals surface area contributed by atoms with Crippen molar-refractivity contribution >= 4 is 0 Å². The molecule has 1 N–H and O–H groups in total. The molecule has 0 bridgehead atoms. The maximum atomic E-state index is 5.71. The number of fused-ring (bicyclic) bond motifs is 1. The van der Waals surface area contributed by atoms with Crippen LogP contribution < -0.4 is 14.8 Å². The summed E-state index contributed by atoms with van der Waals surface area (Å²) in [6.07, 6.45) is 2.76. The molecular weight excluding hydrogens is 268 g/mol. The summed E-state index contributed by atoms with van der Waals surface area (Å²) in [7, 11) is 4.15. The normalized spacial score (nSPS) is 22.0. The Hall–Kier alpha value is -1.30. The van der Waals surface area contributed by atoms with Gasteiger partial charge in [0.1, 0.15) is 0 Å². The van der Waals surface area contributed by atoms with Gasteiger partial charge in [-0.15, -0.1) is 0 Å². The molecule has 0 amide bonds. The van der Waals surface area contributed by atoms with Gasteiger partial charge in [-0.25, -0.2) is 0 Å². The van der Waals surface area contributed by atoms with Gasteiger partial charge in [0, 0.05) is 25.7 Å². The van der Waals surface area contributed by atoms with Crippen LogP contribution in [0.5, 0.6) is 11.5 Å². The van der Waals surface area contributed by atoms with Crippen molar-refractivity contribution < 1.29 is 14.2 Å². The van der Waals surface area contributed by atoms with Crippen molar-refractivity contribution in [3.8, 4) is 11.5 Å². The quantitative estimate of drug-likeness (QED) is 0.866. The Morgan fingerprint density at radius 2 is 2.19 bits per heavy atom. The topological polar surface area (TPSA) is 43.0 Å². The second-order valence-electron chi connectivity index (χ2n) is 5.81. The van der Waals surface area contributed by atoms with E-state index in [9.17, 15) is 0 Å². The van der Waals surface area contributed by atoms with Gasteiger partial charge in [-0.3, -0.25) is 0 Å². The summed E-state index contributed by atoms with van der Waals surface area (Å²) in [6, 6.07) is 6.44. The Balaban J connectivity index is 1.61. The van der Waals surface area contributed by atoms with Crippen molar-refractivity contribution in [3.05, 3.63) is 23.8 Å². The van der Waals surface area contributed by atoms with Crippen molar-refractivity contribution in [3.63, 3.8) is 0 Å². The minimum atomic E-state index is 0.269. The van der Waals surface area contributed by atoms with Crippen LogP contribution in [-0.4, -0.2) is 51.6 Å². The van der Waals surface area contributed by atoms with E-state index in [4.69, 9.17) is 14.2 Å². The molecule has 3 rings (SSSR count).